The molecule has 0 atom stereocenters. The summed E-state index contributed by atoms with van der Waals surface area (Å²) in [5.74, 6) is -0.361. The molecule has 1 aliphatic rings. The number of nitrogens with zero attached hydrogens (tertiary/aromatic N) is 1. The van der Waals surface area contributed by atoms with E-state index in [0.29, 0.717) is 17.1 Å². The molecular formula is C17H21N3O2. The number of nitrogens with two attached hydrogens (primary N) is 1. The van der Waals surface area contributed by atoms with Gasteiger partial charge in [-0.3, -0.25) is 9.59 Å². The number of fused-ring (bicyclic) bond motifs is 1. The highest BCUT2D eigenvalue weighted by Crippen LogP contribution is 2.31. The molecule has 3 rings (SSSR count). The fourth-order valence-electron chi connectivity index (χ4n) is 3.38. The molecule has 0 spiro atoms. The van der Waals surface area contributed by atoms with Crippen LogP contribution in [-0.2, 0) is 0 Å². The number of amides is 1. The van der Waals surface area contributed by atoms with Crippen LogP contribution in [0.25, 0.3) is 10.9 Å². The summed E-state index contributed by atoms with van der Waals surface area (Å²) in [5.41, 5.74) is 7.15. The molecule has 0 unspecified atom stereocenters. The molecule has 3 N–H and O–H groups in total. The third kappa shape index (κ3) is 2.36. The normalized spacial score (nSPS) is 15.9. The van der Waals surface area contributed by atoms with Crippen molar-refractivity contribution >= 4 is 22.5 Å². The second kappa shape index (κ2) is 5.83. The van der Waals surface area contributed by atoms with Gasteiger partial charge in [0.05, 0.1) is 10.9 Å². The van der Waals surface area contributed by atoms with Crippen LogP contribution in [0.5, 0.6) is 0 Å². The highest BCUT2D eigenvalue weighted by molar-refractivity contribution is 6.00. The maximum absolute atomic E-state index is 12.6. The van der Waals surface area contributed by atoms with Crippen molar-refractivity contribution in [2.24, 2.45) is 0 Å². The van der Waals surface area contributed by atoms with Gasteiger partial charge in [-0.1, -0.05) is 25.3 Å². The van der Waals surface area contributed by atoms with Crippen LogP contribution in [-0.4, -0.2) is 17.5 Å². The Balaban J connectivity index is 2.30. The van der Waals surface area contributed by atoms with Crippen LogP contribution in [0, 0.1) is 0 Å². The Kier molecular flexibility index (Phi) is 3.88. The predicted molar refractivity (Wildman–Crippen MR) is 88.1 cm³/mol. The summed E-state index contributed by atoms with van der Waals surface area (Å²) in [6, 6.07) is 5.80. The Hall–Kier alpha value is -2.30. The number of carbonyl (C=O) groups is 1. The molecule has 0 saturated heterocycles. The lowest BCUT2D eigenvalue weighted by Crippen LogP contribution is -2.28. The number of anilines is 1. The number of nitrogen functional groups attached to an aromatic ring is 1. The van der Waals surface area contributed by atoms with E-state index in [1.165, 1.54) is 26.3 Å². The van der Waals surface area contributed by atoms with Crippen molar-refractivity contribution in [2.45, 2.75) is 38.1 Å². The van der Waals surface area contributed by atoms with Crippen LogP contribution >= 0.6 is 0 Å². The van der Waals surface area contributed by atoms with E-state index in [9.17, 15) is 9.59 Å². The number of benzene rings is 1. The van der Waals surface area contributed by atoms with Crippen LogP contribution in [0.1, 0.15) is 48.5 Å². The van der Waals surface area contributed by atoms with Crippen LogP contribution in [0.15, 0.2) is 29.2 Å². The lowest BCUT2D eigenvalue weighted by molar-refractivity contribution is 0.0961. The summed E-state index contributed by atoms with van der Waals surface area (Å²) in [5, 5.41) is 3.00. The number of hydrogen-bond donors (Lipinski definition) is 2. The maximum atomic E-state index is 12.6. The maximum Gasteiger partial charge on any atom is 0.256 e. The summed E-state index contributed by atoms with van der Waals surface area (Å²) in [7, 11) is 1.53. The molecular weight excluding hydrogens is 278 g/mol. The molecule has 0 bridgehead atoms. The Morgan fingerprint density at radius 1 is 1.27 bits per heavy atom. The first-order valence-electron chi connectivity index (χ1n) is 7.79. The highest BCUT2D eigenvalue weighted by atomic mass is 16.2. The molecule has 1 fully saturated rings. The Bertz CT molecular complexity index is 773. The van der Waals surface area contributed by atoms with Gasteiger partial charge in [0.2, 0.25) is 5.43 Å². The van der Waals surface area contributed by atoms with E-state index in [0.717, 1.165) is 18.4 Å². The number of rotatable bonds is 2. The van der Waals surface area contributed by atoms with E-state index in [1.807, 2.05) is 12.1 Å². The third-order valence-electron chi connectivity index (χ3n) is 4.53. The van der Waals surface area contributed by atoms with Crippen molar-refractivity contribution in [2.75, 3.05) is 12.8 Å². The predicted octanol–water partition coefficient (Wildman–Crippen LogP) is 2.45. The lowest BCUT2D eigenvalue weighted by atomic mass is 9.94. The minimum atomic E-state index is -0.361. The Morgan fingerprint density at radius 3 is 2.68 bits per heavy atom. The van der Waals surface area contributed by atoms with Gasteiger partial charge in [0, 0.05) is 25.0 Å². The van der Waals surface area contributed by atoms with Crippen molar-refractivity contribution in [1.29, 1.82) is 0 Å². The first-order chi connectivity index (χ1) is 10.6. The Morgan fingerprint density at radius 2 is 2.00 bits per heavy atom. The van der Waals surface area contributed by atoms with E-state index < -0.39 is 0 Å². The fraction of sp³-hybridized carbons (Fsp3) is 0.412. The first-order valence-corrected chi connectivity index (χ1v) is 7.79. The number of carbonyl (C=O) groups excluding carboxylic acids is 1. The van der Waals surface area contributed by atoms with Gasteiger partial charge in [-0.05, 0) is 25.0 Å². The van der Waals surface area contributed by atoms with Gasteiger partial charge < -0.3 is 15.6 Å². The van der Waals surface area contributed by atoms with E-state index in [4.69, 9.17) is 5.73 Å². The number of aromatic nitrogens is 1. The molecule has 1 aliphatic carbocycles. The molecule has 1 aromatic carbocycles. The van der Waals surface area contributed by atoms with Gasteiger partial charge in [0.15, 0.2) is 0 Å². The molecule has 1 aromatic heterocycles. The molecule has 5 nitrogen and oxygen atoms in total. The fourth-order valence-corrected chi connectivity index (χ4v) is 3.38. The smallest absolute Gasteiger partial charge is 0.256 e. The standard InChI is InChI=1S/C17H21N3O2/c1-19-17(22)12-10-20(11-6-3-2-4-7-11)14-9-5-8-13(18)15(14)16(12)21/h5,8-11H,2-4,6-7,18H2,1H3,(H,19,22). The summed E-state index contributed by atoms with van der Waals surface area (Å²) >= 11 is 0. The average molecular weight is 299 g/mol. The van der Waals surface area contributed by atoms with Crippen molar-refractivity contribution < 1.29 is 4.79 Å². The number of pyridine rings is 1. The molecule has 1 amide bonds. The van der Waals surface area contributed by atoms with Crippen molar-refractivity contribution in [3.63, 3.8) is 0 Å². The quantitative estimate of drug-likeness (QED) is 0.836. The Labute approximate surface area is 129 Å². The lowest BCUT2D eigenvalue weighted by Gasteiger charge is -2.27. The van der Waals surface area contributed by atoms with Gasteiger partial charge in [0.1, 0.15) is 5.56 Å². The number of nitrogens with one attached hydrogen (secondary N) is 1. The average Bonchev–Trinajstić information content (AvgIpc) is 2.55. The number of hydrogen-bond acceptors (Lipinski definition) is 3. The molecule has 116 valence electrons. The van der Waals surface area contributed by atoms with Gasteiger partial charge in [-0.25, -0.2) is 0 Å². The molecule has 5 heteroatoms. The minimum Gasteiger partial charge on any atom is -0.398 e. The van der Waals surface area contributed by atoms with Crippen molar-refractivity contribution in [3.8, 4) is 0 Å². The van der Waals surface area contributed by atoms with Crippen LogP contribution in [0.3, 0.4) is 0 Å². The van der Waals surface area contributed by atoms with Gasteiger partial charge in [0.25, 0.3) is 5.91 Å². The summed E-state index contributed by atoms with van der Waals surface area (Å²) < 4.78 is 2.08. The highest BCUT2D eigenvalue weighted by Gasteiger charge is 2.21. The largest absolute Gasteiger partial charge is 0.398 e. The second-order valence-electron chi connectivity index (χ2n) is 5.89. The molecule has 1 heterocycles. The zero-order valence-corrected chi connectivity index (χ0v) is 12.8. The van der Waals surface area contributed by atoms with E-state index >= 15 is 0 Å². The van der Waals surface area contributed by atoms with Crippen LogP contribution in [0.2, 0.25) is 0 Å². The van der Waals surface area contributed by atoms with Gasteiger partial charge in [-0.2, -0.15) is 0 Å². The topological polar surface area (TPSA) is 77.1 Å². The monoisotopic (exact) mass is 299 g/mol. The third-order valence-corrected chi connectivity index (χ3v) is 4.53. The van der Waals surface area contributed by atoms with Crippen LogP contribution < -0.4 is 16.5 Å². The summed E-state index contributed by atoms with van der Waals surface area (Å²) in [4.78, 5) is 24.7. The molecule has 0 aliphatic heterocycles. The summed E-state index contributed by atoms with van der Waals surface area (Å²) in [6.07, 6.45) is 7.45. The van der Waals surface area contributed by atoms with Crippen molar-refractivity contribution in [3.05, 3.63) is 40.2 Å². The SMILES string of the molecule is CNC(=O)c1cn(C2CCCCC2)c2cccc(N)c2c1=O. The van der Waals surface area contributed by atoms with E-state index in [-0.39, 0.29) is 16.9 Å². The summed E-state index contributed by atoms with van der Waals surface area (Å²) in [6.45, 7) is 0. The van der Waals surface area contributed by atoms with Gasteiger partial charge in [-0.15, -0.1) is 0 Å². The second-order valence-corrected chi connectivity index (χ2v) is 5.89. The minimum absolute atomic E-state index is 0.165. The molecule has 0 radical (unpaired) electrons. The van der Waals surface area contributed by atoms with E-state index in [2.05, 4.69) is 9.88 Å². The molecule has 1 saturated carbocycles. The molecule has 2 aromatic rings. The first kappa shape index (κ1) is 14.6. The van der Waals surface area contributed by atoms with Gasteiger partial charge >= 0.3 is 0 Å². The zero-order valence-electron chi connectivity index (χ0n) is 12.8. The van der Waals surface area contributed by atoms with E-state index in [1.54, 1.807) is 12.3 Å². The molecule has 22 heavy (non-hydrogen) atoms. The van der Waals surface area contributed by atoms with Crippen molar-refractivity contribution in [1.82, 2.24) is 9.88 Å². The van der Waals surface area contributed by atoms with Crippen LogP contribution in [0.4, 0.5) is 5.69 Å². The zero-order chi connectivity index (χ0) is 15.7.